The van der Waals surface area contributed by atoms with E-state index in [9.17, 15) is 9.59 Å². The van der Waals surface area contributed by atoms with Gasteiger partial charge in [0, 0.05) is 13.6 Å². The predicted octanol–water partition coefficient (Wildman–Crippen LogP) is 2.44. The van der Waals surface area contributed by atoms with Gasteiger partial charge < -0.3 is 15.0 Å². The van der Waals surface area contributed by atoms with Crippen molar-refractivity contribution < 1.29 is 14.3 Å². The lowest BCUT2D eigenvalue weighted by Gasteiger charge is -2.28. The summed E-state index contributed by atoms with van der Waals surface area (Å²) in [6.07, 6.45) is 0.955. The number of carbonyl (C=O) groups is 2. The number of rotatable bonds is 8. The van der Waals surface area contributed by atoms with E-state index in [2.05, 4.69) is 5.32 Å². The van der Waals surface area contributed by atoms with E-state index in [-0.39, 0.29) is 18.2 Å². The summed E-state index contributed by atoms with van der Waals surface area (Å²) in [5.41, 5.74) is 2.03. The van der Waals surface area contributed by atoms with Gasteiger partial charge in [-0.15, -0.1) is 0 Å². The van der Waals surface area contributed by atoms with E-state index in [1.165, 1.54) is 0 Å². The van der Waals surface area contributed by atoms with Crippen LogP contribution in [0.4, 0.5) is 0 Å². The maximum absolute atomic E-state index is 12.9. The molecule has 1 atom stereocenters. The van der Waals surface area contributed by atoms with Crippen molar-refractivity contribution in [2.24, 2.45) is 0 Å². The molecule has 0 spiro atoms. The molecule has 2 rings (SSSR count). The van der Waals surface area contributed by atoms with Crippen molar-refractivity contribution in [3.05, 3.63) is 65.7 Å². The predicted molar refractivity (Wildman–Crippen MR) is 102 cm³/mol. The quantitative estimate of drug-likeness (QED) is 0.792. The van der Waals surface area contributed by atoms with Crippen LogP contribution in [0.25, 0.3) is 0 Å². The highest BCUT2D eigenvalue weighted by molar-refractivity contribution is 5.88. The second-order valence-electron chi connectivity index (χ2n) is 6.14. The molecule has 0 aliphatic heterocycles. The topological polar surface area (TPSA) is 58.6 Å². The van der Waals surface area contributed by atoms with Crippen LogP contribution in [-0.4, -0.2) is 43.5 Å². The molecular weight excluding hydrogens is 328 g/mol. The maximum atomic E-state index is 12.9. The first-order valence-electron chi connectivity index (χ1n) is 8.73. The molecule has 2 amide bonds. The number of likely N-dealkylation sites (N-methyl/N-ethyl adjacent to an activating group) is 1. The molecule has 0 saturated carbocycles. The van der Waals surface area contributed by atoms with Crippen molar-refractivity contribution in [2.75, 3.05) is 20.7 Å². The molecule has 0 unspecified atom stereocenters. The molecule has 26 heavy (non-hydrogen) atoms. The molecule has 0 aliphatic carbocycles. The normalized spacial score (nSPS) is 11.5. The summed E-state index contributed by atoms with van der Waals surface area (Å²) < 4.78 is 5.15. The van der Waals surface area contributed by atoms with E-state index in [0.29, 0.717) is 13.0 Å². The Morgan fingerprint density at radius 1 is 1.04 bits per heavy atom. The molecule has 0 aromatic heterocycles. The highest BCUT2D eigenvalue weighted by Crippen LogP contribution is 2.14. The number of hydrogen-bond acceptors (Lipinski definition) is 3. The Kier molecular flexibility index (Phi) is 7.21. The second kappa shape index (κ2) is 9.61. The van der Waals surface area contributed by atoms with E-state index in [0.717, 1.165) is 16.9 Å². The lowest BCUT2D eigenvalue weighted by molar-refractivity contribution is -0.139. The van der Waals surface area contributed by atoms with Crippen LogP contribution in [0, 0.1) is 0 Å². The zero-order chi connectivity index (χ0) is 18.9. The highest BCUT2D eigenvalue weighted by atomic mass is 16.5. The third kappa shape index (κ3) is 5.34. The summed E-state index contributed by atoms with van der Waals surface area (Å²) in [7, 11) is 3.19. The molecule has 2 aromatic carbocycles. The Bertz CT molecular complexity index is 714. The molecule has 0 aliphatic rings. The largest absolute Gasteiger partial charge is 0.497 e. The summed E-state index contributed by atoms with van der Waals surface area (Å²) in [5, 5.41) is 2.63. The van der Waals surface area contributed by atoms with E-state index in [1.807, 2.05) is 54.6 Å². The van der Waals surface area contributed by atoms with Gasteiger partial charge in [-0.3, -0.25) is 9.59 Å². The van der Waals surface area contributed by atoms with Gasteiger partial charge in [0.15, 0.2) is 0 Å². The van der Waals surface area contributed by atoms with E-state index < -0.39 is 6.04 Å². The number of nitrogens with one attached hydrogen (secondary N) is 1. The molecule has 5 heteroatoms. The summed E-state index contributed by atoms with van der Waals surface area (Å²) in [6.45, 7) is 2.25. The SMILES string of the molecule is CNC(=O)[C@H](C)N(CCc1ccccc1)C(=O)Cc1ccc(OC)cc1. The van der Waals surface area contributed by atoms with Gasteiger partial charge in [-0.05, 0) is 36.6 Å². The smallest absolute Gasteiger partial charge is 0.242 e. The molecular formula is C21H26N2O3. The Hall–Kier alpha value is -2.82. The molecule has 0 fully saturated rings. The van der Waals surface area contributed by atoms with Crippen LogP contribution in [0.15, 0.2) is 54.6 Å². The van der Waals surface area contributed by atoms with Crippen LogP contribution in [0.5, 0.6) is 5.75 Å². The van der Waals surface area contributed by atoms with Gasteiger partial charge in [-0.1, -0.05) is 42.5 Å². The van der Waals surface area contributed by atoms with Crippen molar-refractivity contribution in [3.63, 3.8) is 0 Å². The van der Waals surface area contributed by atoms with Crippen LogP contribution in [0.2, 0.25) is 0 Å². The van der Waals surface area contributed by atoms with Gasteiger partial charge in [-0.25, -0.2) is 0 Å². The fourth-order valence-corrected chi connectivity index (χ4v) is 2.80. The minimum absolute atomic E-state index is 0.0674. The summed E-state index contributed by atoms with van der Waals surface area (Å²) in [6, 6.07) is 16.8. The van der Waals surface area contributed by atoms with Crippen LogP contribution in [0.3, 0.4) is 0 Å². The first-order valence-corrected chi connectivity index (χ1v) is 8.73. The molecule has 0 radical (unpaired) electrons. The summed E-state index contributed by atoms with van der Waals surface area (Å²) in [4.78, 5) is 26.6. The summed E-state index contributed by atoms with van der Waals surface area (Å²) in [5.74, 6) is 0.518. The van der Waals surface area contributed by atoms with Gasteiger partial charge >= 0.3 is 0 Å². The minimum atomic E-state index is -0.519. The van der Waals surface area contributed by atoms with Gasteiger partial charge in [0.2, 0.25) is 11.8 Å². The minimum Gasteiger partial charge on any atom is -0.497 e. The summed E-state index contributed by atoms with van der Waals surface area (Å²) >= 11 is 0. The number of hydrogen-bond donors (Lipinski definition) is 1. The zero-order valence-electron chi connectivity index (χ0n) is 15.6. The van der Waals surface area contributed by atoms with Crippen LogP contribution in [-0.2, 0) is 22.4 Å². The number of ether oxygens (including phenoxy) is 1. The van der Waals surface area contributed by atoms with Gasteiger partial charge in [-0.2, -0.15) is 0 Å². The molecule has 0 bridgehead atoms. The van der Waals surface area contributed by atoms with Crippen molar-refractivity contribution in [3.8, 4) is 5.75 Å². The van der Waals surface area contributed by atoms with Gasteiger partial charge in [0.05, 0.1) is 13.5 Å². The molecule has 2 aromatic rings. The van der Waals surface area contributed by atoms with Crippen molar-refractivity contribution in [2.45, 2.75) is 25.8 Å². The Balaban J connectivity index is 2.10. The number of carbonyl (C=O) groups excluding carboxylic acids is 2. The van der Waals surface area contributed by atoms with Crippen LogP contribution >= 0.6 is 0 Å². The number of amides is 2. The van der Waals surface area contributed by atoms with E-state index in [4.69, 9.17) is 4.74 Å². The van der Waals surface area contributed by atoms with Crippen molar-refractivity contribution >= 4 is 11.8 Å². The Labute approximate surface area is 155 Å². The monoisotopic (exact) mass is 354 g/mol. The average Bonchev–Trinajstić information content (AvgIpc) is 2.68. The lowest BCUT2D eigenvalue weighted by atomic mass is 10.1. The molecule has 0 saturated heterocycles. The number of benzene rings is 2. The molecule has 0 heterocycles. The Morgan fingerprint density at radius 2 is 1.69 bits per heavy atom. The maximum Gasteiger partial charge on any atom is 0.242 e. The van der Waals surface area contributed by atoms with E-state index >= 15 is 0 Å². The standard InChI is InChI=1S/C21H26N2O3/c1-16(21(25)22-2)23(14-13-17-7-5-4-6-8-17)20(24)15-18-9-11-19(26-3)12-10-18/h4-12,16H,13-15H2,1-3H3,(H,22,25)/t16-/m0/s1. The van der Waals surface area contributed by atoms with Crippen LogP contribution < -0.4 is 10.1 Å². The lowest BCUT2D eigenvalue weighted by Crippen LogP contribution is -2.48. The third-order valence-electron chi connectivity index (χ3n) is 4.41. The van der Waals surface area contributed by atoms with Crippen LogP contribution in [0.1, 0.15) is 18.1 Å². The fraction of sp³-hybridized carbons (Fsp3) is 0.333. The zero-order valence-corrected chi connectivity index (χ0v) is 15.6. The van der Waals surface area contributed by atoms with Crippen molar-refractivity contribution in [1.82, 2.24) is 10.2 Å². The fourth-order valence-electron chi connectivity index (χ4n) is 2.80. The molecule has 5 nitrogen and oxygen atoms in total. The van der Waals surface area contributed by atoms with E-state index in [1.54, 1.807) is 26.0 Å². The average molecular weight is 354 g/mol. The third-order valence-corrected chi connectivity index (χ3v) is 4.41. The Morgan fingerprint density at radius 3 is 2.27 bits per heavy atom. The second-order valence-corrected chi connectivity index (χ2v) is 6.14. The number of nitrogens with zero attached hydrogens (tertiary/aromatic N) is 1. The first-order chi connectivity index (χ1) is 12.5. The van der Waals surface area contributed by atoms with Gasteiger partial charge in [0.1, 0.15) is 11.8 Å². The van der Waals surface area contributed by atoms with Crippen molar-refractivity contribution in [1.29, 1.82) is 0 Å². The first kappa shape index (κ1) is 19.5. The van der Waals surface area contributed by atoms with Gasteiger partial charge in [0.25, 0.3) is 0 Å². The molecule has 138 valence electrons. The molecule has 1 N–H and O–H groups in total. The highest BCUT2D eigenvalue weighted by Gasteiger charge is 2.25. The number of methoxy groups -OCH3 is 1.